The molecule has 0 aliphatic heterocycles. The van der Waals surface area contributed by atoms with Crippen LogP contribution in [-0.4, -0.2) is 35.2 Å². The van der Waals surface area contributed by atoms with Crippen molar-refractivity contribution < 1.29 is 19.4 Å². The van der Waals surface area contributed by atoms with Gasteiger partial charge in [-0.05, 0) is 27.7 Å². The first-order valence-electron chi connectivity index (χ1n) is 4.32. The summed E-state index contributed by atoms with van der Waals surface area (Å²) in [5, 5.41) is 11.2. The van der Waals surface area contributed by atoms with Crippen molar-refractivity contribution in [2.75, 3.05) is 6.54 Å². The van der Waals surface area contributed by atoms with Gasteiger partial charge in [-0.1, -0.05) is 0 Å². The highest BCUT2D eigenvalue weighted by Gasteiger charge is 2.37. The van der Waals surface area contributed by atoms with E-state index in [1.165, 1.54) is 6.92 Å². The van der Waals surface area contributed by atoms with Crippen molar-refractivity contribution in [2.45, 2.75) is 38.9 Å². The highest BCUT2D eigenvalue weighted by molar-refractivity contribution is 5.77. The first-order chi connectivity index (χ1) is 6.21. The van der Waals surface area contributed by atoms with Crippen LogP contribution >= 0.6 is 0 Å². The molecule has 0 rings (SSSR count). The Morgan fingerprint density at radius 1 is 1.43 bits per heavy atom. The van der Waals surface area contributed by atoms with Gasteiger partial charge in [0.25, 0.3) is 0 Å². The molecule has 82 valence electrons. The number of carboxylic acid groups (broad SMARTS) is 1. The average molecular weight is 203 g/mol. The van der Waals surface area contributed by atoms with Crippen molar-refractivity contribution in [1.82, 2.24) is 5.32 Å². The fourth-order valence-corrected chi connectivity index (χ4v) is 1.07. The number of carboxylic acids is 1. The zero-order chi connectivity index (χ0) is 11.4. The Morgan fingerprint density at radius 2 is 1.93 bits per heavy atom. The van der Waals surface area contributed by atoms with Crippen LogP contribution in [0.4, 0.5) is 0 Å². The summed E-state index contributed by atoms with van der Waals surface area (Å²) in [5.74, 6) is -1.10. The van der Waals surface area contributed by atoms with Gasteiger partial charge in [-0.25, -0.2) is 4.79 Å². The fourth-order valence-electron chi connectivity index (χ4n) is 1.07. The van der Waals surface area contributed by atoms with Crippen LogP contribution in [0.25, 0.3) is 0 Å². The van der Waals surface area contributed by atoms with E-state index in [4.69, 9.17) is 9.84 Å². The van der Waals surface area contributed by atoms with Gasteiger partial charge in [0.15, 0.2) is 5.60 Å². The van der Waals surface area contributed by atoms with Crippen LogP contribution in [-0.2, 0) is 14.3 Å². The van der Waals surface area contributed by atoms with Gasteiger partial charge in [-0.2, -0.15) is 0 Å². The molecule has 0 heterocycles. The predicted molar refractivity (Wildman–Crippen MR) is 50.9 cm³/mol. The summed E-state index contributed by atoms with van der Waals surface area (Å²) >= 11 is 0. The third-order valence-electron chi connectivity index (χ3n) is 1.51. The third kappa shape index (κ3) is 4.23. The Kier molecular flexibility index (Phi) is 4.07. The third-order valence-corrected chi connectivity index (χ3v) is 1.51. The molecule has 0 aromatic carbocycles. The Balaban J connectivity index is 4.55. The monoisotopic (exact) mass is 203 g/mol. The van der Waals surface area contributed by atoms with Gasteiger partial charge in [0.2, 0.25) is 6.41 Å². The highest BCUT2D eigenvalue weighted by atomic mass is 16.5. The van der Waals surface area contributed by atoms with Gasteiger partial charge in [0.05, 0.1) is 12.1 Å². The van der Waals surface area contributed by atoms with Gasteiger partial charge in [0.1, 0.15) is 0 Å². The molecular formula is C9H17NO4. The van der Waals surface area contributed by atoms with Gasteiger partial charge < -0.3 is 15.2 Å². The van der Waals surface area contributed by atoms with Crippen molar-refractivity contribution in [3.63, 3.8) is 0 Å². The number of carbonyl (C=O) groups is 2. The maximum atomic E-state index is 10.9. The molecule has 0 aromatic rings. The Bertz CT molecular complexity index is 221. The summed E-state index contributed by atoms with van der Waals surface area (Å²) in [6, 6.07) is 0. The molecule has 5 heteroatoms. The number of amides is 1. The molecule has 0 saturated carbocycles. The smallest absolute Gasteiger partial charge is 0.337 e. The molecule has 0 aliphatic rings. The van der Waals surface area contributed by atoms with E-state index in [0.29, 0.717) is 6.41 Å². The lowest BCUT2D eigenvalue weighted by Gasteiger charge is -2.32. The summed E-state index contributed by atoms with van der Waals surface area (Å²) in [6.07, 6.45) is 0.452. The lowest BCUT2D eigenvalue weighted by molar-refractivity contribution is -0.179. The lowest BCUT2D eigenvalue weighted by atomic mass is 10.0. The van der Waals surface area contributed by atoms with E-state index < -0.39 is 17.2 Å². The van der Waals surface area contributed by atoms with Crippen LogP contribution in [0.5, 0.6) is 0 Å². The molecule has 0 bridgehead atoms. The van der Waals surface area contributed by atoms with Crippen molar-refractivity contribution in [3.8, 4) is 0 Å². The summed E-state index contributed by atoms with van der Waals surface area (Å²) in [5.41, 5.74) is -1.96. The first kappa shape index (κ1) is 12.9. The van der Waals surface area contributed by atoms with Crippen molar-refractivity contribution in [3.05, 3.63) is 0 Å². The number of hydrogen-bond donors (Lipinski definition) is 2. The van der Waals surface area contributed by atoms with Crippen LogP contribution in [0, 0.1) is 0 Å². The minimum absolute atomic E-state index is 0.0525. The standard InChI is InChI=1S/C9H17NO4/c1-8(2,3)14-9(4,7(12)13)5-10-6-11/h6H,5H2,1-4H3,(H,10,11)(H,12,13). The Labute approximate surface area is 83.4 Å². The van der Waals surface area contributed by atoms with Crippen LogP contribution < -0.4 is 5.32 Å². The normalized spacial score (nSPS) is 15.7. The van der Waals surface area contributed by atoms with E-state index in [9.17, 15) is 9.59 Å². The molecule has 1 amide bonds. The highest BCUT2D eigenvalue weighted by Crippen LogP contribution is 2.19. The average Bonchev–Trinajstić information content (AvgIpc) is 1.97. The molecule has 0 saturated heterocycles. The van der Waals surface area contributed by atoms with Crippen molar-refractivity contribution >= 4 is 12.4 Å². The topological polar surface area (TPSA) is 75.6 Å². The molecule has 5 nitrogen and oxygen atoms in total. The van der Waals surface area contributed by atoms with E-state index in [-0.39, 0.29) is 6.54 Å². The first-order valence-corrected chi connectivity index (χ1v) is 4.32. The van der Waals surface area contributed by atoms with Crippen LogP contribution in [0.3, 0.4) is 0 Å². The van der Waals surface area contributed by atoms with E-state index in [2.05, 4.69) is 5.32 Å². The van der Waals surface area contributed by atoms with Gasteiger partial charge in [-0.15, -0.1) is 0 Å². The van der Waals surface area contributed by atoms with Gasteiger partial charge in [-0.3, -0.25) is 4.79 Å². The van der Waals surface area contributed by atoms with Crippen molar-refractivity contribution in [1.29, 1.82) is 0 Å². The molecule has 0 fully saturated rings. The minimum atomic E-state index is -1.39. The number of ether oxygens (including phenoxy) is 1. The number of nitrogens with one attached hydrogen (secondary N) is 1. The molecule has 0 spiro atoms. The SMILES string of the molecule is CC(C)(C)OC(C)(CNC=O)C(=O)O. The maximum absolute atomic E-state index is 10.9. The number of hydrogen-bond acceptors (Lipinski definition) is 3. The molecule has 14 heavy (non-hydrogen) atoms. The molecule has 2 N–H and O–H groups in total. The van der Waals surface area contributed by atoms with E-state index in [1.807, 2.05) is 0 Å². The molecule has 1 atom stereocenters. The number of aliphatic carboxylic acids is 1. The summed E-state index contributed by atoms with van der Waals surface area (Å²) in [4.78, 5) is 21.0. The number of carbonyl (C=O) groups excluding carboxylic acids is 1. The molecule has 1 unspecified atom stereocenters. The second kappa shape index (κ2) is 4.41. The fraction of sp³-hybridized carbons (Fsp3) is 0.778. The second-order valence-corrected chi connectivity index (χ2v) is 4.25. The van der Waals surface area contributed by atoms with E-state index >= 15 is 0 Å². The molecule has 0 radical (unpaired) electrons. The zero-order valence-electron chi connectivity index (χ0n) is 8.96. The van der Waals surface area contributed by atoms with E-state index in [1.54, 1.807) is 20.8 Å². The molecule has 0 aromatic heterocycles. The minimum Gasteiger partial charge on any atom is -0.479 e. The quantitative estimate of drug-likeness (QED) is 0.634. The van der Waals surface area contributed by atoms with Crippen molar-refractivity contribution in [2.24, 2.45) is 0 Å². The lowest BCUT2D eigenvalue weighted by Crippen LogP contribution is -2.50. The molecule has 0 aliphatic carbocycles. The number of rotatable bonds is 5. The molecular weight excluding hydrogens is 186 g/mol. The van der Waals surface area contributed by atoms with Crippen LogP contribution in [0.2, 0.25) is 0 Å². The zero-order valence-corrected chi connectivity index (χ0v) is 8.96. The van der Waals surface area contributed by atoms with Gasteiger partial charge >= 0.3 is 5.97 Å². The van der Waals surface area contributed by atoms with Gasteiger partial charge in [0, 0.05) is 0 Å². The summed E-state index contributed by atoms with van der Waals surface area (Å²) < 4.78 is 5.37. The summed E-state index contributed by atoms with van der Waals surface area (Å²) in [6.45, 7) is 6.65. The Hall–Kier alpha value is -1.10. The second-order valence-electron chi connectivity index (χ2n) is 4.25. The Morgan fingerprint density at radius 3 is 2.21 bits per heavy atom. The van der Waals surface area contributed by atoms with Crippen LogP contribution in [0.15, 0.2) is 0 Å². The van der Waals surface area contributed by atoms with E-state index in [0.717, 1.165) is 0 Å². The van der Waals surface area contributed by atoms with Crippen LogP contribution in [0.1, 0.15) is 27.7 Å². The summed E-state index contributed by atoms with van der Waals surface area (Å²) in [7, 11) is 0. The maximum Gasteiger partial charge on any atom is 0.337 e. The largest absolute Gasteiger partial charge is 0.479 e. The predicted octanol–water partition coefficient (Wildman–Crippen LogP) is 0.391.